The van der Waals surface area contributed by atoms with E-state index in [1.165, 1.54) is 7.11 Å². The number of rotatable bonds is 4. The van der Waals surface area contributed by atoms with E-state index in [1.807, 2.05) is 38.1 Å². The zero-order valence-electron chi connectivity index (χ0n) is 13.0. The number of benzene rings is 1. The third-order valence-corrected chi connectivity index (χ3v) is 3.79. The van der Waals surface area contributed by atoms with E-state index in [0.29, 0.717) is 18.6 Å². The van der Waals surface area contributed by atoms with Gasteiger partial charge in [0.15, 0.2) is 0 Å². The Morgan fingerprint density at radius 1 is 1.24 bits per heavy atom. The standard InChI is InChI=1S/C16H23NO4/c1-11-9-16(15(18)20-4,10-12(2)21-11)17-13-7-5-6-8-14(13)19-3/h5-8,11-12,17H,9-10H2,1-4H3. The van der Waals surface area contributed by atoms with Crippen molar-refractivity contribution in [3.05, 3.63) is 24.3 Å². The van der Waals surface area contributed by atoms with Crippen LogP contribution in [-0.2, 0) is 14.3 Å². The van der Waals surface area contributed by atoms with E-state index in [-0.39, 0.29) is 18.2 Å². The summed E-state index contributed by atoms with van der Waals surface area (Å²) in [5, 5.41) is 3.35. The van der Waals surface area contributed by atoms with Crippen molar-refractivity contribution in [2.45, 2.75) is 44.4 Å². The highest BCUT2D eigenvalue weighted by molar-refractivity contribution is 5.85. The van der Waals surface area contributed by atoms with Crippen molar-refractivity contribution in [3.8, 4) is 5.75 Å². The first-order valence-electron chi connectivity index (χ1n) is 7.16. The Balaban J connectivity index is 2.34. The molecule has 1 heterocycles. The lowest BCUT2D eigenvalue weighted by Crippen LogP contribution is -2.55. The summed E-state index contributed by atoms with van der Waals surface area (Å²) >= 11 is 0. The molecule has 0 aliphatic carbocycles. The van der Waals surface area contributed by atoms with Crippen LogP contribution in [0.25, 0.3) is 0 Å². The molecule has 0 spiro atoms. The maximum absolute atomic E-state index is 12.4. The number of hydrogen-bond acceptors (Lipinski definition) is 5. The number of nitrogens with one attached hydrogen (secondary N) is 1. The predicted octanol–water partition coefficient (Wildman–Crippen LogP) is 2.61. The van der Waals surface area contributed by atoms with Crippen LogP contribution in [0, 0.1) is 0 Å². The van der Waals surface area contributed by atoms with Crippen molar-refractivity contribution < 1.29 is 19.0 Å². The van der Waals surface area contributed by atoms with Gasteiger partial charge in [0.05, 0.1) is 32.1 Å². The fourth-order valence-corrected chi connectivity index (χ4v) is 3.08. The topological polar surface area (TPSA) is 56.8 Å². The van der Waals surface area contributed by atoms with E-state index in [2.05, 4.69) is 5.32 Å². The molecule has 0 saturated carbocycles. The number of anilines is 1. The smallest absolute Gasteiger partial charge is 0.331 e. The van der Waals surface area contributed by atoms with Gasteiger partial charge in [-0.15, -0.1) is 0 Å². The molecule has 2 atom stereocenters. The highest BCUT2D eigenvalue weighted by atomic mass is 16.5. The molecule has 21 heavy (non-hydrogen) atoms. The first kappa shape index (κ1) is 15.6. The van der Waals surface area contributed by atoms with Gasteiger partial charge in [-0.1, -0.05) is 12.1 Å². The SMILES string of the molecule is COC(=O)C1(Nc2ccccc2OC)CC(C)OC(C)C1. The van der Waals surface area contributed by atoms with Crippen molar-refractivity contribution in [2.24, 2.45) is 0 Å². The van der Waals surface area contributed by atoms with E-state index in [9.17, 15) is 4.79 Å². The summed E-state index contributed by atoms with van der Waals surface area (Å²) in [5.74, 6) is 0.433. The van der Waals surface area contributed by atoms with Crippen molar-refractivity contribution in [2.75, 3.05) is 19.5 Å². The zero-order chi connectivity index (χ0) is 15.5. The van der Waals surface area contributed by atoms with Gasteiger partial charge in [-0.3, -0.25) is 0 Å². The van der Waals surface area contributed by atoms with Gasteiger partial charge in [0, 0.05) is 12.8 Å². The third kappa shape index (κ3) is 3.29. The minimum absolute atomic E-state index is 0.0185. The molecule has 0 aromatic heterocycles. The molecule has 1 aliphatic heterocycles. The molecule has 5 heteroatoms. The molecule has 116 valence electrons. The summed E-state index contributed by atoms with van der Waals surface area (Å²) in [5.41, 5.74) is -0.00722. The molecule has 2 rings (SSSR count). The van der Waals surface area contributed by atoms with Crippen LogP contribution in [0.4, 0.5) is 5.69 Å². The minimum atomic E-state index is -0.791. The van der Waals surface area contributed by atoms with Crippen molar-refractivity contribution in [1.82, 2.24) is 0 Å². The lowest BCUT2D eigenvalue weighted by Gasteiger charge is -2.41. The normalized spacial score (nSPS) is 28.8. The first-order chi connectivity index (χ1) is 10.0. The molecule has 1 aliphatic rings. The van der Waals surface area contributed by atoms with E-state index in [0.717, 1.165) is 5.69 Å². The Kier molecular flexibility index (Phi) is 4.73. The zero-order valence-corrected chi connectivity index (χ0v) is 13.0. The van der Waals surface area contributed by atoms with Crippen LogP contribution in [0.5, 0.6) is 5.75 Å². The molecular formula is C16H23NO4. The molecule has 5 nitrogen and oxygen atoms in total. The molecule has 1 saturated heterocycles. The molecule has 1 aromatic rings. The Morgan fingerprint density at radius 2 is 1.86 bits per heavy atom. The fourth-order valence-electron chi connectivity index (χ4n) is 3.08. The lowest BCUT2D eigenvalue weighted by molar-refractivity contribution is -0.154. The summed E-state index contributed by atoms with van der Waals surface area (Å²) in [7, 11) is 3.03. The monoisotopic (exact) mass is 293 g/mol. The number of carbonyl (C=O) groups is 1. The lowest BCUT2D eigenvalue weighted by atomic mass is 9.83. The summed E-state index contributed by atoms with van der Waals surface area (Å²) in [6, 6.07) is 7.56. The van der Waals surface area contributed by atoms with Gasteiger partial charge in [-0.05, 0) is 26.0 Å². The number of ether oxygens (including phenoxy) is 3. The molecular weight excluding hydrogens is 270 g/mol. The predicted molar refractivity (Wildman–Crippen MR) is 80.6 cm³/mol. The highest BCUT2D eigenvalue weighted by Gasteiger charge is 2.46. The van der Waals surface area contributed by atoms with Crippen LogP contribution in [0.1, 0.15) is 26.7 Å². The van der Waals surface area contributed by atoms with E-state index in [1.54, 1.807) is 7.11 Å². The number of esters is 1. The molecule has 1 aromatic carbocycles. The highest BCUT2D eigenvalue weighted by Crippen LogP contribution is 2.36. The number of methoxy groups -OCH3 is 2. The molecule has 0 radical (unpaired) electrons. The van der Waals surface area contributed by atoms with Crippen LogP contribution in [-0.4, -0.2) is 37.9 Å². The summed E-state index contributed by atoms with van der Waals surface area (Å²) in [4.78, 5) is 12.4. The second kappa shape index (κ2) is 6.35. The van der Waals surface area contributed by atoms with Gasteiger partial charge in [-0.25, -0.2) is 4.79 Å². The fraction of sp³-hybridized carbons (Fsp3) is 0.562. The number of para-hydroxylation sites is 2. The molecule has 0 bridgehead atoms. The Morgan fingerprint density at radius 3 is 2.43 bits per heavy atom. The maximum Gasteiger partial charge on any atom is 0.331 e. The second-order valence-corrected chi connectivity index (χ2v) is 5.56. The third-order valence-electron chi connectivity index (χ3n) is 3.79. The average Bonchev–Trinajstić information content (AvgIpc) is 2.45. The quantitative estimate of drug-likeness (QED) is 0.865. The van der Waals surface area contributed by atoms with Crippen LogP contribution in [0.2, 0.25) is 0 Å². The number of hydrogen-bond donors (Lipinski definition) is 1. The molecule has 2 unspecified atom stereocenters. The van der Waals surface area contributed by atoms with Crippen LogP contribution < -0.4 is 10.1 Å². The Hall–Kier alpha value is -1.75. The van der Waals surface area contributed by atoms with Gasteiger partial charge in [-0.2, -0.15) is 0 Å². The molecule has 0 amide bonds. The molecule has 1 N–H and O–H groups in total. The average molecular weight is 293 g/mol. The van der Waals surface area contributed by atoms with Crippen LogP contribution in [0.15, 0.2) is 24.3 Å². The Labute approximate surface area is 125 Å². The maximum atomic E-state index is 12.4. The molecule has 1 fully saturated rings. The van der Waals surface area contributed by atoms with E-state index in [4.69, 9.17) is 14.2 Å². The van der Waals surface area contributed by atoms with Crippen LogP contribution in [0.3, 0.4) is 0 Å². The summed E-state index contributed by atoms with van der Waals surface area (Å²) < 4.78 is 16.1. The van der Waals surface area contributed by atoms with Gasteiger partial charge < -0.3 is 19.5 Å². The van der Waals surface area contributed by atoms with Gasteiger partial charge in [0.25, 0.3) is 0 Å². The van der Waals surface area contributed by atoms with Gasteiger partial charge in [0.2, 0.25) is 0 Å². The first-order valence-corrected chi connectivity index (χ1v) is 7.16. The Bertz CT molecular complexity index is 493. The van der Waals surface area contributed by atoms with Crippen LogP contribution >= 0.6 is 0 Å². The van der Waals surface area contributed by atoms with Crippen molar-refractivity contribution in [1.29, 1.82) is 0 Å². The summed E-state index contributed by atoms with van der Waals surface area (Å²) in [6.07, 6.45) is 1.08. The van der Waals surface area contributed by atoms with E-state index < -0.39 is 5.54 Å². The van der Waals surface area contributed by atoms with Crippen molar-refractivity contribution >= 4 is 11.7 Å². The minimum Gasteiger partial charge on any atom is -0.495 e. The van der Waals surface area contributed by atoms with Crippen molar-refractivity contribution in [3.63, 3.8) is 0 Å². The summed E-state index contributed by atoms with van der Waals surface area (Å²) in [6.45, 7) is 3.94. The largest absolute Gasteiger partial charge is 0.495 e. The van der Waals surface area contributed by atoms with Gasteiger partial charge in [0.1, 0.15) is 11.3 Å². The number of carbonyl (C=O) groups excluding carboxylic acids is 1. The second-order valence-electron chi connectivity index (χ2n) is 5.56. The van der Waals surface area contributed by atoms with Gasteiger partial charge >= 0.3 is 5.97 Å². The van der Waals surface area contributed by atoms with E-state index >= 15 is 0 Å².